The van der Waals surface area contributed by atoms with Crippen molar-refractivity contribution in [3.05, 3.63) is 211 Å². The molecule has 10 rings (SSSR count). The van der Waals surface area contributed by atoms with Gasteiger partial charge in [0.05, 0.1) is 11.0 Å². The van der Waals surface area contributed by atoms with Crippen molar-refractivity contribution in [2.45, 2.75) is 39.5 Å². The van der Waals surface area contributed by atoms with Crippen LogP contribution in [0.2, 0.25) is 0 Å². The third-order valence-corrected chi connectivity index (χ3v) is 11.9. The van der Waals surface area contributed by atoms with Gasteiger partial charge in [-0.25, -0.2) is 0 Å². The van der Waals surface area contributed by atoms with Gasteiger partial charge in [0.2, 0.25) is 0 Å². The molecule has 1 aromatic heterocycles. The average Bonchev–Trinajstić information content (AvgIpc) is 3.60. The highest BCUT2D eigenvalue weighted by molar-refractivity contribution is 6.11. The summed E-state index contributed by atoms with van der Waals surface area (Å²) >= 11 is 0. The monoisotopic (exact) mass is 761 g/mol. The smallest absolute Gasteiger partial charge is 0.0561 e. The summed E-state index contributed by atoms with van der Waals surface area (Å²) in [6.07, 6.45) is 0. The van der Waals surface area contributed by atoms with Crippen molar-refractivity contribution in [3.63, 3.8) is 0 Å². The lowest BCUT2D eigenvalue weighted by Crippen LogP contribution is -2.10. The first kappa shape index (κ1) is 36.3. The second-order valence-corrected chi connectivity index (χ2v) is 16.3. The van der Waals surface area contributed by atoms with Crippen LogP contribution in [-0.4, -0.2) is 4.57 Å². The summed E-state index contributed by atoms with van der Waals surface area (Å²) in [4.78, 5) is 4.80. The number of benzene rings is 9. The summed E-state index contributed by atoms with van der Waals surface area (Å²) in [5.41, 5.74) is 12.8. The summed E-state index contributed by atoms with van der Waals surface area (Å²) in [5.74, 6) is 0.912. The number of para-hydroxylation sites is 1. The van der Waals surface area contributed by atoms with Crippen LogP contribution in [0.4, 0.5) is 34.1 Å². The highest BCUT2D eigenvalue weighted by Gasteiger charge is 2.21. The lowest BCUT2D eigenvalue weighted by atomic mass is 10.0. The van der Waals surface area contributed by atoms with Crippen molar-refractivity contribution >= 4 is 77.5 Å². The summed E-state index contributed by atoms with van der Waals surface area (Å²) in [5, 5.41) is 7.33. The molecule has 0 saturated carbocycles. The van der Waals surface area contributed by atoms with Gasteiger partial charge in [-0.2, -0.15) is 0 Å². The minimum Gasteiger partial charge on any atom is -0.310 e. The first-order chi connectivity index (χ1) is 28.9. The van der Waals surface area contributed by atoms with Crippen LogP contribution < -0.4 is 9.80 Å². The molecule has 0 spiro atoms. The van der Waals surface area contributed by atoms with E-state index in [1.165, 1.54) is 43.4 Å². The predicted molar refractivity (Wildman–Crippen MR) is 253 cm³/mol. The van der Waals surface area contributed by atoms with Crippen LogP contribution in [0.25, 0.3) is 49.0 Å². The summed E-state index contributed by atoms with van der Waals surface area (Å²) in [7, 11) is 0. The molecule has 10 aromatic rings. The van der Waals surface area contributed by atoms with E-state index < -0.39 is 0 Å². The molecule has 1 heterocycles. The number of anilines is 6. The Morgan fingerprint density at radius 3 is 1.10 bits per heavy atom. The molecule has 286 valence electrons. The van der Waals surface area contributed by atoms with Crippen molar-refractivity contribution in [2.75, 3.05) is 9.80 Å². The first-order valence-corrected chi connectivity index (χ1v) is 20.8. The molecule has 0 atom stereocenters. The zero-order valence-corrected chi connectivity index (χ0v) is 34.0. The Morgan fingerprint density at radius 1 is 0.322 bits per heavy atom. The van der Waals surface area contributed by atoms with E-state index in [9.17, 15) is 0 Å². The topological polar surface area (TPSA) is 11.4 Å². The molecule has 0 bridgehead atoms. The molecular weight excluding hydrogens is 715 g/mol. The van der Waals surface area contributed by atoms with E-state index in [1.54, 1.807) is 0 Å². The zero-order chi connectivity index (χ0) is 40.0. The second-order valence-electron chi connectivity index (χ2n) is 16.3. The third-order valence-electron chi connectivity index (χ3n) is 11.9. The van der Waals surface area contributed by atoms with Crippen LogP contribution in [0.1, 0.15) is 50.7 Å². The van der Waals surface area contributed by atoms with Crippen molar-refractivity contribution < 1.29 is 0 Å². The van der Waals surface area contributed by atoms with Crippen LogP contribution in [-0.2, 0) is 0 Å². The number of fused-ring (bicyclic) bond motifs is 5. The van der Waals surface area contributed by atoms with Crippen molar-refractivity contribution in [1.82, 2.24) is 4.57 Å². The van der Waals surface area contributed by atoms with Gasteiger partial charge < -0.3 is 14.4 Å². The minimum atomic E-state index is 0.456. The third kappa shape index (κ3) is 6.69. The summed E-state index contributed by atoms with van der Waals surface area (Å²) in [6.45, 7) is 9.01. The molecule has 0 N–H and O–H groups in total. The van der Waals surface area contributed by atoms with Gasteiger partial charge in [-0.15, -0.1) is 0 Å². The summed E-state index contributed by atoms with van der Waals surface area (Å²) in [6, 6.07) is 73.7. The van der Waals surface area contributed by atoms with E-state index in [0.717, 1.165) is 50.8 Å². The molecule has 0 unspecified atom stereocenters. The lowest BCUT2D eigenvalue weighted by Gasteiger charge is -2.27. The average molecular weight is 762 g/mol. The maximum Gasteiger partial charge on any atom is 0.0561 e. The van der Waals surface area contributed by atoms with Gasteiger partial charge >= 0.3 is 0 Å². The quantitative estimate of drug-likeness (QED) is 0.145. The predicted octanol–water partition coefficient (Wildman–Crippen LogP) is 16.3. The van der Waals surface area contributed by atoms with E-state index in [0.29, 0.717) is 11.8 Å². The van der Waals surface area contributed by atoms with Crippen molar-refractivity contribution in [1.29, 1.82) is 0 Å². The van der Waals surface area contributed by atoms with Crippen LogP contribution in [0.15, 0.2) is 200 Å². The molecule has 0 aliphatic carbocycles. The summed E-state index contributed by atoms with van der Waals surface area (Å²) < 4.78 is 2.44. The fraction of sp³-hybridized carbons (Fsp3) is 0.107. The Bertz CT molecular complexity index is 2910. The molecule has 9 aromatic carbocycles. The normalized spacial score (nSPS) is 11.7. The van der Waals surface area contributed by atoms with Gasteiger partial charge in [0.25, 0.3) is 0 Å². The zero-order valence-electron chi connectivity index (χ0n) is 34.0. The SMILES string of the molecule is CC(C)c1ccc(N(c2ccc3ccccc3c2)c2ccc3c4ccc(N(c5ccc(C(C)C)cc5)c5ccc6ccccc6c5)cc4n(-c4ccccc4)c3c2)cc1. The Morgan fingerprint density at radius 2 is 0.678 bits per heavy atom. The Balaban J connectivity index is 1.19. The van der Waals surface area contributed by atoms with Crippen molar-refractivity contribution in [3.8, 4) is 5.69 Å². The van der Waals surface area contributed by atoms with E-state index in [2.05, 4.69) is 242 Å². The standard InChI is InChI=1S/C56H47N3/c1-38(2)40-18-24-47(25-19-40)57(49-28-22-42-12-8-10-14-44(42)34-49)51-30-32-53-54-33-31-52(37-56(54)59(55(53)36-51)46-16-6-5-7-17-46)58(48-26-20-41(21-27-48)39(3)4)50-29-23-43-13-9-11-15-45(43)35-50/h5-39H,1-4H3. The van der Waals surface area contributed by atoms with Gasteiger partial charge in [0, 0.05) is 50.6 Å². The van der Waals surface area contributed by atoms with Crippen LogP contribution in [0.5, 0.6) is 0 Å². The van der Waals surface area contributed by atoms with Gasteiger partial charge in [0.1, 0.15) is 0 Å². The molecule has 0 amide bonds. The van der Waals surface area contributed by atoms with Gasteiger partial charge in [-0.1, -0.05) is 143 Å². The largest absolute Gasteiger partial charge is 0.310 e. The molecule has 0 aliphatic rings. The number of hydrogen-bond donors (Lipinski definition) is 0. The highest BCUT2D eigenvalue weighted by Crippen LogP contribution is 2.43. The number of aromatic nitrogens is 1. The Hall–Kier alpha value is -7.10. The van der Waals surface area contributed by atoms with E-state index in [-0.39, 0.29) is 0 Å². The van der Waals surface area contributed by atoms with Gasteiger partial charge in [-0.3, -0.25) is 0 Å². The van der Waals surface area contributed by atoms with E-state index >= 15 is 0 Å². The van der Waals surface area contributed by atoms with Gasteiger partial charge in [0.15, 0.2) is 0 Å². The molecular formula is C56H47N3. The van der Waals surface area contributed by atoms with E-state index in [1.807, 2.05) is 0 Å². The maximum atomic E-state index is 2.44. The van der Waals surface area contributed by atoms with Crippen molar-refractivity contribution in [2.24, 2.45) is 0 Å². The molecule has 0 radical (unpaired) electrons. The molecule has 59 heavy (non-hydrogen) atoms. The molecule has 3 heteroatoms. The fourth-order valence-electron chi connectivity index (χ4n) is 8.67. The van der Waals surface area contributed by atoms with Crippen LogP contribution >= 0.6 is 0 Å². The number of nitrogens with zero attached hydrogens (tertiary/aromatic N) is 3. The molecule has 0 saturated heterocycles. The fourth-order valence-corrected chi connectivity index (χ4v) is 8.67. The molecule has 0 aliphatic heterocycles. The molecule has 3 nitrogen and oxygen atoms in total. The van der Waals surface area contributed by atoms with Crippen LogP contribution in [0, 0.1) is 0 Å². The Kier molecular flexibility index (Phi) is 9.22. The van der Waals surface area contributed by atoms with Gasteiger partial charge in [-0.05, 0) is 129 Å². The molecule has 0 fully saturated rings. The van der Waals surface area contributed by atoms with E-state index in [4.69, 9.17) is 0 Å². The Labute approximate surface area is 347 Å². The first-order valence-electron chi connectivity index (χ1n) is 20.8. The van der Waals surface area contributed by atoms with Crippen LogP contribution in [0.3, 0.4) is 0 Å². The number of hydrogen-bond acceptors (Lipinski definition) is 2. The lowest BCUT2D eigenvalue weighted by molar-refractivity contribution is 0.866. The second kappa shape index (κ2) is 15.0. The maximum absolute atomic E-state index is 2.44. The minimum absolute atomic E-state index is 0.456. The number of rotatable bonds is 9. The highest BCUT2D eigenvalue weighted by atomic mass is 15.2.